The molecule has 55 heavy (non-hydrogen) atoms. The third kappa shape index (κ3) is 15.8. The number of nitrogen functional groups attached to an aromatic ring is 1. The molecule has 3 N–H and O–H groups in total. The molecule has 4 rings (SSSR count). The largest absolute Gasteiger partial charge is 0.472 e. The van der Waals surface area contributed by atoms with Crippen molar-refractivity contribution in [1.29, 1.82) is 5.26 Å². The molecular formula is C41H63FN5O7P. The highest BCUT2D eigenvalue weighted by Gasteiger charge is 2.40. The second-order valence-electron chi connectivity index (χ2n) is 15.1. The Kier molecular flexibility index (Phi) is 19.5. The number of fused-ring (bicyclic) bond motifs is 1. The van der Waals surface area contributed by atoms with Crippen LogP contribution in [0.25, 0.3) is 5.52 Å². The van der Waals surface area contributed by atoms with Crippen LogP contribution in [0.15, 0.2) is 36.7 Å². The van der Waals surface area contributed by atoms with Crippen LogP contribution in [0.1, 0.15) is 152 Å². The molecular weight excluding hydrogens is 724 g/mol. The summed E-state index contributed by atoms with van der Waals surface area (Å²) in [6.07, 6.45) is 22.0. The number of aromatic nitrogens is 3. The molecule has 2 aromatic heterocycles. The number of hydrogen-bond donors (Lipinski definition) is 2. The molecule has 0 spiro atoms. The van der Waals surface area contributed by atoms with Crippen molar-refractivity contribution in [1.82, 2.24) is 14.6 Å². The molecule has 0 saturated carbocycles. The third-order valence-corrected chi connectivity index (χ3v) is 11.2. The standard InChI is InChI=1S/C41H63FN5O7P/c1-3-4-5-6-7-8-9-10-11-12-13-14-15-16-17-18-25-50-29-35(51-28-34-20-19-33(27-43)26-36(34)42)30-52-55(48,49)53-31-41(2)24-23-39(54-41)37-21-22-38-40(44)45-32-46-47(37)38/h19-22,26,32,35,39H,3-18,23-25,28-31H2,1-2H3,(H,48,49)(H2,44,45,46)/t35-,39-,41+/m1/s1. The van der Waals surface area contributed by atoms with Gasteiger partial charge in [-0.15, -0.1) is 0 Å². The highest BCUT2D eigenvalue weighted by Crippen LogP contribution is 2.47. The molecule has 1 saturated heterocycles. The number of phosphoric ester groups is 1. The molecule has 1 aliphatic rings. The summed E-state index contributed by atoms with van der Waals surface area (Å²) in [4.78, 5) is 14.6. The van der Waals surface area contributed by atoms with Crippen molar-refractivity contribution >= 4 is 19.2 Å². The molecule has 1 aliphatic heterocycles. The van der Waals surface area contributed by atoms with E-state index in [4.69, 9.17) is 34.3 Å². The molecule has 1 fully saturated rings. The van der Waals surface area contributed by atoms with Gasteiger partial charge in [0.2, 0.25) is 0 Å². The lowest BCUT2D eigenvalue weighted by atomic mass is 10.0. The lowest BCUT2D eigenvalue weighted by Gasteiger charge is -2.26. The maximum absolute atomic E-state index is 14.6. The number of anilines is 1. The van der Waals surface area contributed by atoms with Gasteiger partial charge in [-0.3, -0.25) is 9.05 Å². The summed E-state index contributed by atoms with van der Waals surface area (Å²) >= 11 is 0. The SMILES string of the molecule is CCCCCCCCCCCCCCCCCCOC[C@H](COP(=O)(O)OC[C@]1(C)CC[C@H](c2ccc3c(N)ncnn23)O1)OCc1ccc(C#N)cc1F. The van der Waals surface area contributed by atoms with Gasteiger partial charge in [-0.25, -0.2) is 18.5 Å². The average Bonchev–Trinajstić information content (AvgIpc) is 3.79. The Morgan fingerprint density at radius 3 is 2.29 bits per heavy atom. The van der Waals surface area contributed by atoms with Crippen molar-refractivity contribution in [2.45, 2.75) is 154 Å². The fourth-order valence-electron chi connectivity index (χ4n) is 6.91. The van der Waals surface area contributed by atoms with Gasteiger partial charge in [0.15, 0.2) is 5.82 Å². The monoisotopic (exact) mass is 787 g/mol. The van der Waals surface area contributed by atoms with Crippen molar-refractivity contribution in [3.05, 3.63) is 59.3 Å². The summed E-state index contributed by atoms with van der Waals surface area (Å²) in [5.74, 6) is -0.213. The maximum atomic E-state index is 14.6. The molecule has 306 valence electrons. The number of benzene rings is 1. The van der Waals surface area contributed by atoms with E-state index in [0.29, 0.717) is 30.8 Å². The maximum Gasteiger partial charge on any atom is 0.472 e. The summed E-state index contributed by atoms with van der Waals surface area (Å²) in [5.41, 5.74) is 7.04. The van der Waals surface area contributed by atoms with Gasteiger partial charge < -0.3 is 24.8 Å². The first-order valence-electron chi connectivity index (χ1n) is 20.4. The molecule has 0 aliphatic carbocycles. The third-order valence-electron chi connectivity index (χ3n) is 10.3. The van der Waals surface area contributed by atoms with Gasteiger partial charge in [-0.1, -0.05) is 109 Å². The molecule has 1 unspecified atom stereocenters. The van der Waals surface area contributed by atoms with Crippen LogP contribution in [0.3, 0.4) is 0 Å². The summed E-state index contributed by atoms with van der Waals surface area (Å²) in [6.45, 7) is 4.02. The van der Waals surface area contributed by atoms with Crippen molar-refractivity contribution < 1.29 is 37.1 Å². The molecule has 0 bridgehead atoms. The molecule has 0 amide bonds. The summed E-state index contributed by atoms with van der Waals surface area (Å²) in [6, 6.07) is 9.76. The minimum absolute atomic E-state index is 0.0818. The number of nitrogens with zero attached hydrogens (tertiary/aromatic N) is 4. The van der Waals surface area contributed by atoms with Crippen LogP contribution in [0.4, 0.5) is 10.2 Å². The van der Waals surface area contributed by atoms with E-state index < -0.39 is 25.3 Å². The molecule has 1 aromatic carbocycles. The van der Waals surface area contributed by atoms with Crippen LogP contribution < -0.4 is 5.73 Å². The fourth-order valence-corrected chi connectivity index (χ4v) is 7.78. The second kappa shape index (κ2) is 24.0. The number of rotatable bonds is 29. The van der Waals surface area contributed by atoms with E-state index in [1.807, 2.05) is 25.1 Å². The van der Waals surface area contributed by atoms with Crippen molar-refractivity contribution in [3.8, 4) is 6.07 Å². The minimum Gasteiger partial charge on any atom is -0.382 e. The molecule has 4 atom stereocenters. The Bertz CT molecular complexity index is 1650. The number of halogens is 1. The van der Waals surface area contributed by atoms with E-state index in [9.17, 15) is 13.8 Å². The van der Waals surface area contributed by atoms with Crippen LogP contribution in [0.5, 0.6) is 0 Å². The number of phosphoric acid groups is 1. The topological polar surface area (TPSA) is 163 Å². The summed E-state index contributed by atoms with van der Waals surface area (Å²) in [5, 5.41) is 13.4. The Balaban J connectivity index is 1.14. The van der Waals surface area contributed by atoms with Crippen LogP contribution >= 0.6 is 7.82 Å². The lowest BCUT2D eigenvalue weighted by molar-refractivity contribution is -0.0711. The number of hydrogen-bond acceptors (Lipinski definition) is 10. The van der Waals surface area contributed by atoms with E-state index in [1.54, 1.807) is 4.52 Å². The first-order valence-corrected chi connectivity index (χ1v) is 21.9. The molecule has 3 aromatic rings. The van der Waals surface area contributed by atoms with E-state index in [1.165, 1.54) is 102 Å². The van der Waals surface area contributed by atoms with Crippen molar-refractivity contribution in [3.63, 3.8) is 0 Å². The van der Waals surface area contributed by atoms with E-state index >= 15 is 0 Å². The average molecular weight is 788 g/mol. The van der Waals surface area contributed by atoms with Gasteiger partial charge in [-0.05, 0) is 50.5 Å². The Morgan fingerprint density at radius 1 is 1.00 bits per heavy atom. The van der Waals surface area contributed by atoms with Crippen LogP contribution in [-0.2, 0) is 34.4 Å². The number of ether oxygens (including phenoxy) is 3. The highest BCUT2D eigenvalue weighted by molar-refractivity contribution is 7.47. The van der Waals surface area contributed by atoms with Gasteiger partial charge in [0, 0.05) is 12.2 Å². The molecule has 3 heterocycles. The first-order chi connectivity index (χ1) is 26.6. The zero-order valence-electron chi connectivity index (χ0n) is 33.0. The van der Waals surface area contributed by atoms with E-state index in [-0.39, 0.29) is 43.7 Å². The normalized spacial score (nSPS) is 18.8. The fraction of sp³-hybridized carbons (Fsp3) is 0.683. The second-order valence-corrected chi connectivity index (χ2v) is 16.5. The van der Waals surface area contributed by atoms with Gasteiger partial charge in [0.1, 0.15) is 29.9 Å². The first kappa shape index (κ1) is 44.8. The number of nitriles is 1. The van der Waals surface area contributed by atoms with Gasteiger partial charge in [0.05, 0.1) is 49.4 Å². The smallest absolute Gasteiger partial charge is 0.382 e. The number of unbranched alkanes of at least 4 members (excludes halogenated alkanes) is 15. The quantitative estimate of drug-likeness (QED) is 0.0508. The molecule has 12 nitrogen and oxygen atoms in total. The predicted molar refractivity (Wildman–Crippen MR) is 211 cm³/mol. The zero-order valence-corrected chi connectivity index (χ0v) is 33.9. The Hall–Kier alpha value is -2.95. The Morgan fingerprint density at radius 2 is 1.65 bits per heavy atom. The van der Waals surface area contributed by atoms with Crippen LogP contribution in [-0.4, -0.2) is 57.6 Å². The van der Waals surface area contributed by atoms with Crippen LogP contribution in [0, 0.1) is 17.1 Å². The van der Waals surface area contributed by atoms with Crippen LogP contribution in [0.2, 0.25) is 0 Å². The highest BCUT2D eigenvalue weighted by atomic mass is 31.2. The lowest BCUT2D eigenvalue weighted by Crippen LogP contribution is -2.30. The van der Waals surface area contributed by atoms with Crippen molar-refractivity contribution in [2.75, 3.05) is 32.2 Å². The van der Waals surface area contributed by atoms with Gasteiger partial charge in [-0.2, -0.15) is 10.4 Å². The number of nitrogens with two attached hydrogens (primary N) is 1. The summed E-state index contributed by atoms with van der Waals surface area (Å²) < 4.78 is 58.1. The predicted octanol–water partition coefficient (Wildman–Crippen LogP) is 9.93. The van der Waals surface area contributed by atoms with E-state index in [0.717, 1.165) is 31.0 Å². The zero-order chi connectivity index (χ0) is 39.4. The minimum atomic E-state index is -4.53. The van der Waals surface area contributed by atoms with E-state index in [2.05, 4.69) is 17.0 Å². The van der Waals surface area contributed by atoms with Gasteiger partial charge >= 0.3 is 7.82 Å². The van der Waals surface area contributed by atoms with Gasteiger partial charge in [0.25, 0.3) is 0 Å². The molecule has 0 radical (unpaired) electrons. The summed E-state index contributed by atoms with van der Waals surface area (Å²) in [7, 11) is -4.53. The Labute approximate surface area is 326 Å². The molecule has 14 heteroatoms. The van der Waals surface area contributed by atoms with Crippen molar-refractivity contribution in [2.24, 2.45) is 0 Å².